The zero-order valence-corrected chi connectivity index (χ0v) is 24.3. The second-order valence-corrected chi connectivity index (χ2v) is 11.9. The molecule has 2 saturated heterocycles. The molecule has 40 heavy (non-hydrogen) atoms. The monoisotopic (exact) mass is 550 g/mol. The fourth-order valence-corrected chi connectivity index (χ4v) is 6.70. The molecular weight excluding hydrogens is 507 g/mol. The summed E-state index contributed by atoms with van der Waals surface area (Å²) in [4.78, 5) is 22.1. The molecule has 0 radical (unpaired) electrons. The van der Waals surface area contributed by atoms with Crippen molar-refractivity contribution in [2.45, 2.75) is 65.0 Å². The maximum atomic E-state index is 14.4. The minimum Gasteiger partial charge on any atom is -0.396 e. The van der Waals surface area contributed by atoms with Gasteiger partial charge in [-0.05, 0) is 101 Å². The summed E-state index contributed by atoms with van der Waals surface area (Å²) in [6.07, 6.45) is 10.8. The third-order valence-corrected chi connectivity index (χ3v) is 9.05. The predicted octanol–water partition coefficient (Wildman–Crippen LogP) is 5.00. The average Bonchev–Trinajstić information content (AvgIpc) is 3.57. The first-order valence-electron chi connectivity index (χ1n) is 14.7. The topological polar surface area (TPSA) is 70.8 Å². The molecule has 2 atom stereocenters. The zero-order chi connectivity index (χ0) is 28.4. The molecule has 216 valence electrons. The first-order chi connectivity index (χ1) is 19.3. The summed E-state index contributed by atoms with van der Waals surface area (Å²) in [6.45, 7) is 9.89. The molecule has 0 aliphatic carbocycles. The van der Waals surface area contributed by atoms with E-state index in [1.165, 1.54) is 17.7 Å². The van der Waals surface area contributed by atoms with E-state index in [0.29, 0.717) is 29.1 Å². The van der Waals surface area contributed by atoms with Crippen molar-refractivity contribution in [3.8, 4) is 5.69 Å². The number of amides is 1. The Hall–Kier alpha value is -2.81. The second kappa shape index (κ2) is 12.4. The highest BCUT2D eigenvalue weighted by molar-refractivity contribution is 5.99. The normalized spacial score (nSPS) is 19.5. The number of carbonyl (C=O) groups excluding carboxylic acids is 1. The summed E-state index contributed by atoms with van der Waals surface area (Å²) in [5.74, 6) is 0.438. The molecule has 2 fully saturated rings. The highest BCUT2D eigenvalue weighted by atomic mass is 19.1. The molecule has 7 nitrogen and oxygen atoms in total. The van der Waals surface area contributed by atoms with Crippen LogP contribution in [-0.2, 0) is 11.2 Å². The number of benzene rings is 1. The number of likely N-dealkylation sites (tertiary alicyclic amines) is 1. The van der Waals surface area contributed by atoms with Crippen LogP contribution in [0.3, 0.4) is 0 Å². The Labute approximate surface area is 236 Å². The molecule has 2 aliphatic rings. The summed E-state index contributed by atoms with van der Waals surface area (Å²) in [5.41, 5.74) is 4.26. The lowest BCUT2D eigenvalue weighted by Gasteiger charge is -2.36. The fourth-order valence-electron chi connectivity index (χ4n) is 6.70. The molecular formula is C32H43FN4O3. The van der Waals surface area contributed by atoms with E-state index in [1.54, 1.807) is 18.0 Å². The minimum absolute atomic E-state index is 0.00870. The Morgan fingerprint density at radius 2 is 2.00 bits per heavy atom. The van der Waals surface area contributed by atoms with Crippen LogP contribution in [0.5, 0.6) is 0 Å². The van der Waals surface area contributed by atoms with Gasteiger partial charge in [0.15, 0.2) is 0 Å². The largest absolute Gasteiger partial charge is 0.396 e. The van der Waals surface area contributed by atoms with E-state index in [0.717, 1.165) is 74.9 Å². The van der Waals surface area contributed by atoms with Gasteiger partial charge < -0.3 is 19.3 Å². The van der Waals surface area contributed by atoms with Gasteiger partial charge in [0.05, 0.1) is 23.0 Å². The minimum atomic E-state index is -0.428. The van der Waals surface area contributed by atoms with E-state index in [-0.39, 0.29) is 18.6 Å². The van der Waals surface area contributed by atoms with Crippen molar-refractivity contribution in [1.82, 2.24) is 19.4 Å². The van der Waals surface area contributed by atoms with Gasteiger partial charge in [0.1, 0.15) is 5.82 Å². The van der Waals surface area contributed by atoms with Gasteiger partial charge in [0.25, 0.3) is 5.91 Å². The molecule has 0 saturated carbocycles. The van der Waals surface area contributed by atoms with Gasteiger partial charge in [-0.25, -0.2) is 4.39 Å². The molecule has 3 aromatic rings. The number of ether oxygens (including phenoxy) is 1. The summed E-state index contributed by atoms with van der Waals surface area (Å²) < 4.78 is 22.0. The first-order valence-corrected chi connectivity index (χ1v) is 14.7. The number of pyridine rings is 1. The Bertz CT molecular complexity index is 1330. The third-order valence-electron chi connectivity index (χ3n) is 9.05. The van der Waals surface area contributed by atoms with Crippen LogP contribution < -0.4 is 0 Å². The molecule has 8 heteroatoms. The summed E-state index contributed by atoms with van der Waals surface area (Å²) in [5, 5.41) is 11.0. The zero-order valence-electron chi connectivity index (χ0n) is 24.3. The number of nitrogens with zero attached hydrogens (tertiary/aromatic N) is 4. The van der Waals surface area contributed by atoms with Crippen LogP contribution in [-0.4, -0.2) is 82.4 Å². The van der Waals surface area contributed by atoms with Crippen molar-refractivity contribution >= 4 is 16.8 Å². The van der Waals surface area contributed by atoms with Gasteiger partial charge in [-0.2, -0.15) is 0 Å². The number of carbonyl (C=O) groups is 1. The Kier molecular flexibility index (Phi) is 8.88. The number of aliphatic hydroxyl groups is 1. The Morgan fingerprint density at radius 3 is 2.73 bits per heavy atom. The highest BCUT2D eigenvalue weighted by Gasteiger charge is 2.34. The molecule has 1 amide bonds. The third kappa shape index (κ3) is 5.80. The first kappa shape index (κ1) is 28.7. The van der Waals surface area contributed by atoms with E-state index in [9.17, 15) is 14.3 Å². The number of aliphatic hydroxyl groups excluding tert-OH is 1. The van der Waals surface area contributed by atoms with Crippen molar-refractivity contribution in [2.75, 3.05) is 40.0 Å². The number of hydrogen-bond donors (Lipinski definition) is 1. The molecule has 0 unspecified atom stereocenters. The number of aromatic nitrogens is 2. The fraction of sp³-hybridized carbons (Fsp3) is 0.562. The van der Waals surface area contributed by atoms with Gasteiger partial charge in [0.2, 0.25) is 0 Å². The van der Waals surface area contributed by atoms with Gasteiger partial charge in [-0.3, -0.25) is 14.7 Å². The lowest BCUT2D eigenvalue weighted by Crippen LogP contribution is -2.42. The number of aryl methyl sites for hydroxylation is 1. The van der Waals surface area contributed by atoms with Crippen LogP contribution >= 0.6 is 0 Å². The van der Waals surface area contributed by atoms with Gasteiger partial charge >= 0.3 is 0 Å². The SMILES string of the molecule is Cc1cncc2c1c(C[C@@H]1CCN([C@@H](CCO)C3CCOCC3)C1)cn2-c1ccc(F)cc1C(=O)N(C)C(C)C. The number of halogens is 1. The van der Waals surface area contributed by atoms with Crippen molar-refractivity contribution in [3.63, 3.8) is 0 Å². The molecule has 1 aromatic carbocycles. The molecule has 2 aromatic heterocycles. The van der Waals surface area contributed by atoms with Crippen LogP contribution in [0.1, 0.15) is 61.0 Å². The molecule has 1 N–H and O–H groups in total. The molecule has 2 aliphatic heterocycles. The summed E-state index contributed by atoms with van der Waals surface area (Å²) in [7, 11) is 1.75. The molecule has 0 bridgehead atoms. The summed E-state index contributed by atoms with van der Waals surface area (Å²) in [6, 6.07) is 4.86. The maximum absolute atomic E-state index is 14.4. The number of fused-ring (bicyclic) bond motifs is 1. The van der Waals surface area contributed by atoms with Gasteiger partial charge in [0, 0.05) is 63.3 Å². The van der Waals surface area contributed by atoms with Crippen molar-refractivity contribution < 1.29 is 19.0 Å². The predicted molar refractivity (Wildman–Crippen MR) is 155 cm³/mol. The second-order valence-electron chi connectivity index (χ2n) is 11.9. The lowest BCUT2D eigenvalue weighted by molar-refractivity contribution is 0.0233. The number of hydrogen-bond acceptors (Lipinski definition) is 5. The smallest absolute Gasteiger partial charge is 0.256 e. The average molecular weight is 551 g/mol. The Morgan fingerprint density at radius 1 is 1.23 bits per heavy atom. The van der Waals surface area contributed by atoms with E-state index >= 15 is 0 Å². The molecule has 0 spiro atoms. The van der Waals surface area contributed by atoms with E-state index in [4.69, 9.17) is 4.74 Å². The van der Waals surface area contributed by atoms with Crippen LogP contribution in [0.25, 0.3) is 16.6 Å². The lowest BCUT2D eigenvalue weighted by atomic mass is 9.88. The highest BCUT2D eigenvalue weighted by Crippen LogP contribution is 2.34. The van der Waals surface area contributed by atoms with Crippen LogP contribution in [0, 0.1) is 24.6 Å². The van der Waals surface area contributed by atoms with E-state index < -0.39 is 5.82 Å². The van der Waals surface area contributed by atoms with Gasteiger partial charge in [-0.15, -0.1) is 0 Å². The van der Waals surface area contributed by atoms with Crippen molar-refractivity contribution in [3.05, 3.63) is 59.3 Å². The molecule has 5 rings (SSSR count). The van der Waals surface area contributed by atoms with Crippen LogP contribution in [0.15, 0.2) is 36.8 Å². The van der Waals surface area contributed by atoms with Crippen molar-refractivity contribution in [1.29, 1.82) is 0 Å². The maximum Gasteiger partial charge on any atom is 0.256 e. The van der Waals surface area contributed by atoms with Gasteiger partial charge in [-0.1, -0.05) is 0 Å². The van der Waals surface area contributed by atoms with E-state index in [1.807, 2.05) is 30.8 Å². The number of rotatable bonds is 9. The molecule has 4 heterocycles. The van der Waals surface area contributed by atoms with Crippen LogP contribution in [0.4, 0.5) is 4.39 Å². The summed E-state index contributed by atoms with van der Waals surface area (Å²) >= 11 is 0. The standard InChI is InChI=1S/C32H43FN4O3/c1-21(2)35(4)32(39)27-16-26(33)5-6-29(27)37-20-25(31-22(3)17-34-18-30(31)37)15-23-7-11-36(19-23)28(8-12-38)24-9-13-40-14-10-24/h5-6,16-18,20-21,23-24,28,38H,7-15,19H2,1-4H3/t23-,28-/m0/s1. The van der Waals surface area contributed by atoms with E-state index in [2.05, 4.69) is 23.0 Å². The quantitative estimate of drug-likeness (QED) is 0.406. The Balaban J connectivity index is 1.46. The van der Waals surface area contributed by atoms with Crippen molar-refractivity contribution in [2.24, 2.45) is 11.8 Å². The van der Waals surface area contributed by atoms with Crippen LogP contribution in [0.2, 0.25) is 0 Å².